The number of rotatable bonds is 4. The Morgan fingerprint density at radius 3 is 2.50 bits per heavy atom. The summed E-state index contributed by atoms with van der Waals surface area (Å²) in [5.74, 6) is -0.00128. The molecular formula is C13H19NO4. The lowest BCUT2D eigenvalue weighted by molar-refractivity contribution is -0.152. The molecule has 5 heteroatoms. The highest BCUT2D eigenvalue weighted by atomic mass is 16.5. The number of methoxy groups -OCH3 is 2. The van der Waals surface area contributed by atoms with Crippen LogP contribution in [0.25, 0.3) is 0 Å². The maximum Gasteiger partial charge on any atom is 0.313 e. The summed E-state index contributed by atoms with van der Waals surface area (Å²) in [6.07, 6.45) is 0. The van der Waals surface area contributed by atoms with Crippen LogP contribution in [-0.4, -0.2) is 25.3 Å². The van der Waals surface area contributed by atoms with Gasteiger partial charge in [-0.15, -0.1) is 0 Å². The smallest absolute Gasteiger partial charge is 0.313 e. The van der Waals surface area contributed by atoms with Gasteiger partial charge in [0.25, 0.3) is 0 Å². The Labute approximate surface area is 107 Å². The van der Waals surface area contributed by atoms with Crippen molar-refractivity contribution in [2.75, 3.05) is 14.2 Å². The van der Waals surface area contributed by atoms with Crippen molar-refractivity contribution in [3.63, 3.8) is 0 Å². The Hall–Kier alpha value is -1.75. The van der Waals surface area contributed by atoms with Crippen molar-refractivity contribution in [2.45, 2.75) is 19.9 Å². The summed E-state index contributed by atoms with van der Waals surface area (Å²) in [7, 11) is 2.79. The van der Waals surface area contributed by atoms with E-state index in [1.165, 1.54) is 20.3 Å². The van der Waals surface area contributed by atoms with E-state index in [2.05, 4.69) is 0 Å². The maximum atomic E-state index is 11.7. The van der Waals surface area contributed by atoms with Gasteiger partial charge in [-0.2, -0.15) is 0 Å². The third-order valence-electron chi connectivity index (χ3n) is 3.06. The average molecular weight is 253 g/mol. The van der Waals surface area contributed by atoms with Gasteiger partial charge in [-0.25, -0.2) is 0 Å². The zero-order chi connectivity index (χ0) is 13.9. The molecule has 18 heavy (non-hydrogen) atoms. The van der Waals surface area contributed by atoms with Crippen LogP contribution in [0.5, 0.6) is 11.5 Å². The van der Waals surface area contributed by atoms with Gasteiger partial charge >= 0.3 is 5.97 Å². The van der Waals surface area contributed by atoms with Crippen molar-refractivity contribution in [3.8, 4) is 11.5 Å². The van der Waals surface area contributed by atoms with Crippen molar-refractivity contribution < 1.29 is 19.4 Å². The largest absolute Gasteiger partial charge is 0.507 e. The summed E-state index contributed by atoms with van der Waals surface area (Å²) >= 11 is 0. The molecule has 0 aliphatic carbocycles. The second-order valence-corrected chi connectivity index (χ2v) is 4.58. The zero-order valence-electron chi connectivity index (χ0n) is 11.1. The van der Waals surface area contributed by atoms with Gasteiger partial charge in [-0.05, 0) is 26.0 Å². The van der Waals surface area contributed by atoms with Gasteiger partial charge in [-0.3, -0.25) is 4.79 Å². The minimum Gasteiger partial charge on any atom is -0.507 e. The van der Waals surface area contributed by atoms with E-state index in [1.54, 1.807) is 26.0 Å². The first-order chi connectivity index (χ1) is 8.36. The number of phenolic OH excluding ortho intramolecular Hbond substituents is 1. The minimum atomic E-state index is -0.971. The van der Waals surface area contributed by atoms with Crippen LogP contribution < -0.4 is 10.5 Å². The molecule has 0 aliphatic rings. The van der Waals surface area contributed by atoms with E-state index in [1.807, 2.05) is 0 Å². The van der Waals surface area contributed by atoms with Crippen LogP contribution in [0.15, 0.2) is 18.2 Å². The molecule has 1 aromatic carbocycles. The van der Waals surface area contributed by atoms with Gasteiger partial charge in [0.15, 0.2) is 0 Å². The third kappa shape index (κ3) is 2.41. The predicted molar refractivity (Wildman–Crippen MR) is 67.4 cm³/mol. The topological polar surface area (TPSA) is 81.8 Å². The molecule has 5 nitrogen and oxygen atoms in total. The maximum absolute atomic E-state index is 11.7. The molecule has 1 atom stereocenters. The van der Waals surface area contributed by atoms with Crippen LogP contribution in [0.1, 0.15) is 25.5 Å². The molecule has 0 bridgehead atoms. The first-order valence-electron chi connectivity index (χ1n) is 5.56. The van der Waals surface area contributed by atoms with E-state index in [4.69, 9.17) is 15.2 Å². The van der Waals surface area contributed by atoms with Gasteiger partial charge in [0.1, 0.15) is 11.5 Å². The highest BCUT2D eigenvalue weighted by molar-refractivity contribution is 5.77. The highest BCUT2D eigenvalue weighted by Crippen LogP contribution is 2.41. The van der Waals surface area contributed by atoms with Crippen LogP contribution in [0.4, 0.5) is 0 Å². The van der Waals surface area contributed by atoms with Gasteiger partial charge < -0.3 is 20.3 Å². The monoisotopic (exact) mass is 253 g/mol. The lowest BCUT2D eigenvalue weighted by Gasteiger charge is -2.30. The molecular weight excluding hydrogens is 234 g/mol. The Morgan fingerprint density at radius 2 is 2.00 bits per heavy atom. The predicted octanol–water partition coefficient (Wildman–Crippen LogP) is 1.60. The second kappa shape index (κ2) is 5.27. The molecule has 0 spiro atoms. The van der Waals surface area contributed by atoms with Crippen molar-refractivity contribution in [2.24, 2.45) is 11.1 Å². The molecule has 100 valence electrons. The highest BCUT2D eigenvalue weighted by Gasteiger charge is 2.39. The van der Waals surface area contributed by atoms with E-state index >= 15 is 0 Å². The number of aromatic hydroxyl groups is 1. The number of carbonyl (C=O) groups excluding carboxylic acids is 1. The molecule has 0 saturated heterocycles. The van der Waals surface area contributed by atoms with E-state index < -0.39 is 17.4 Å². The van der Waals surface area contributed by atoms with Crippen molar-refractivity contribution >= 4 is 5.97 Å². The number of phenols is 1. The molecule has 0 unspecified atom stereocenters. The van der Waals surface area contributed by atoms with Crippen LogP contribution in [0, 0.1) is 5.41 Å². The number of ether oxygens (including phenoxy) is 2. The fraction of sp³-hybridized carbons (Fsp3) is 0.462. The molecule has 0 aliphatic heterocycles. The zero-order valence-corrected chi connectivity index (χ0v) is 11.1. The second-order valence-electron chi connectivity index (χ2n) is 4.58. The summed E-state index contributed by atoms with van der Waals surface area (Å²) < 4.78 is 9.89. The molecule has 0 amide bonds. The SMILES string of the molecule is COC(=O)C(C)(C)[C@H](N)c1c(O)cccc1OC. The summed E-state index contributed by atoms with van der Waals surface area (Å²) in [5.41, 5.74) is 5.51. The van der Waals surface area contributed by atoms with Crippen LogP contribution in [-0.2, 0) is 9.53 Å². The molecule has 0 fully saturated rings. The number of carbonyl (C=O) groups is 1. The quantitative estimate of drug-likeness (QED) is 0.796. The molecule has 1 rings (SSSR count). The number of hydrogen-bond acceptors (Lipinski definition) is 5. The Bertz CT molecular complexity index is 443. The summed E-state index contributed by atoms with van der Waals surface area (Å²) in [5, 5.41) is 9.90. The van der Waals surface area contributed by atoms with Gasteiger partial charge in [0.2, 0.25) is 0 Å². The van der Waals surface area contributed by atoms with Crippen LogP contribution >= 0.6 is 0 Å². The van der Waals surface area contributed by atoms with Crippen molar-refractivity contribution in [3.05, 3.63) is 23.8 Å². The van der Waals surface area contributed by atoms with E-state index in [9.17, 15) is 9.90 Å². The molecule has 0 saturated carbocycles. The van der Waals surface area contributed by atoms with Gasteiger partial charge in [0, 0.05) is 0 Å². The Morgan fingerprint density at radius 1 is 1.39 bits per heavy atom. The summed E-state index contributed by atoms with van der Waals surface area (Å²) in [6, 6.07) is 4.10. The number of nitrogens with two attached hydrogens (primary N) is 1. The molecule has 3 N–H and O–H groups in total. The molecule has 0 heterocycles. The lowest BCUT2D eigenvalue weighted by atomic mass is 9.80. The molecule has 1 aromatic rings. The molecule has 0 aromatic heterocycles. The summed E-state index contributed by atoms with van der Waals surface area (Å²) in [4.78, 5) is 11.7. The lowest BCUT2D eigenvalue weighted by Crippen LogP contribution is -2.37. The molecule has 0 radical (unpaired) electrons. The standard InChI is InChI=1S/C13H19NO4/c1-13(2,12(16)18-4)11(14)10-8(15)6-5-7-9(10)17-3/h5-7,11,15H,14H2,1-4H3/t11-/m1/s1. The number of hydrogen-bond donors (Lipinski definition) is 2. The average Bonchev–Trinajstić information content (AvgIpc) is 2.36. The van der Waals surface area contributed by atoms with Gasteiger partial charge in [0.05, 0.1) is 31.2 Å². The number of benzene rings is 1. The Balaban J connectivity index is 3.26. The van der Waals surface area contributed by atoms with Gasteiger partial charge in [-0.1, -0.05) is 6.07 Å². The third-order valence-corrected chi connectivity index (χ3v) is 3.06. The Kier molecular flexibility index (Phi) is 4.19. The van der Waals surface area contributed by atoms with Crippen LogP contribution in [0.3, 0.4) is 0 Å². The van der Waals surface area contributed by atoms with Crippen LogP contribution in [0.2, 0.25) is 0 Å². The fourth-order valence-electron chi connectivity index (χ4n) is 1.77. The summed E-state index contributed by atoms with van der Waals surface area (Å²) in [6.45, 7) is 3.32. The number of esters is 1. The van der Waals surface area contributed by atoms with Crippen molar-refractivity contribution in [1.82, 2.24) is 0 Å². The fourth-order valence-corrected chi connectivity index (χ4v) is 1.77. The first kappa shape index (κ1) is 14.3. The normalized spacial score (nSPS) is 12.9. The minimum absolute atomic E-state index is 0.00109. The first-order valence-corrected chi connectivity index (χ1v) is 5.56. The van der Waals surface area contributed by atoms with E-state index in [0.29, 0.717) is 11.3 Å². The van der Waals surface area contributed by atoms with Crippen molar-refractivity contribution in [1.29, 1.82) is 0 Å². The van der Waals surface area contributed by atoms with E-state index in [-0.39, 0.29) is 5.75 Å². The van der Waals surface area contributed by atoms with E-state index in [0.717, 1.165) is 0 Å².